The van der Waals surface area contributed by atoms with Crippen LogP contribution >= 0.6 is 12.6 Å². The molecule has 1 heterocycles. The van der Waals surface area contributed by atoms with Crippen LogP contribution in [0.15, 0.2) is 41.3 Å². The number of thiol groups is 1. The van der Waals surface area contributed by atoms with Gasteiger partial charge in [0.2, 0.25) is 5.91 Å². The Labute approximate surface area is 215 Å². The van der Waals surface area contributed by atoms with E-state index in [0.29, 0.717) is 38.8 Å². The third-order valence-corrected chi connectivity index (χ3v) is 6.71. The number of nitrogens with one attached hydrogen (secondary N) is 1. The maximum Gasteiger partial charge on any atom is 0.255 e. The average molecular weight is 515 g/mol. The molecule has 1 aliphatic rings. The highest BCUT2D eigenvalue weighted by molar-refractivity contribution is 7.80. The highest BCUT2D eigenvalue weighted by atomic mass is 32.1. The number of nitrogens with zero attached hydrogens (tertiary/aromatic N) is 3. The Morgan fingerprint density at radius 3 is 2.50 bits per heavy atom. The highest BCUT2D eigenvalue weighted by Gasteiger charge is 2.27. The topological polar surface area (TPSA) is 90.0 Å². The van der Waals surface area contributed by atoms with Crippen LogP contribution in [0.1, 0.15) is 39.1 Å². The minimum absolute atomic E-state index is 0.0484. The lowest BCUT2D eigenvalue weighted by Gasteiger charge is -2.36. The minimum Gasteiger partial charge on any atom is -0.367 e. The van der Waals surface area contributed by atoms with Crippen molar-refractivity contribution in [2.24, 2.45) is 0 Å². The van der Waals surface area contributed by atoms with E-state index in [-0.39, 0.29) is 35.6 Å². The third kappa shape index (κ3) is 6.70. The van der Waals surface area contributed by atoms with Crippen LogP contribution in [0.3, 0.4) is 0 Å². The van der Waals surface area contributed by atoms with E-state index >= 15 is 4.39 Å². The molecular weight excluding hydrogens is 483 g/mol. The lowest BCUT2D eigenvalue weighted by Crippen LogP contribution is -2.46. The summed E-state index contributed by atoms with van der Waals surface area (Å²) in [5.41, 5.74) is 1.35. The molecule has 1 N–H and O–H groups in total. The van der Waals surface area contributed by atoms with Crippen molar-refractivity contribution in [2.75, 3.05) is 45.2 Å². The molecule has 1 atom stereocenters. The van der Waals surface area contributed by atoms with Crippen LogP contribution in [0.5, 0.6) is 0 Å². The van der Waals surface area contributed by atoms with Gasteiger partial charge in [-0.2, -0.15) is 0 Å². The zero-order chi connectivity index (χ0) is 26.2. The van der Waals surface area contributed by atoms with Crippen LogP contribution in [-0.2, 0) is 16.1 Å². The van der Waals surface area contributed by atoms with Crippen LogP contribution in [0.2, 0.25) is 0 Å². The number of piperazine rings is 1. The molecule has 1 fully saturated rings. The van der Waals surface area contributed by atoms with E-state index in [1.54, 1.807) is 0 Å². The molecule has 1 saturated heterocycles. The number of benzene rings is 2. The quantitative estimate of drug-likeness (QED) is 0.374. The zero-order valence-corrected chi connectivity index (χ0v) is 21.3. The Bertz CT molecular complexity index is 1120. The van der Waals surface area contributed by atoms with Crippen LogP contribution in [0.4, 0.5) is 10.1 Å². The van der Waals surface area contributed by atoms with E-state index in [0.717, 1.165) is 28.0 Å². The zero-order valence-electron chi connectivity index (χ0n) is 20.4. The Morgan fingerprint density at radius 1 is 1.17 bits per heavy atom. The minimum atomic E-state index is -0.881. The number of hydrogen-bond donors (Lipinski definition) is 2. The number of halogens is 1. The molecule has 0 bridgehead atoms. The third-order valence-electron chi connectivity index (χ3n) is 6.43. The largest absolute Gasteiger partial charge is 0.367 e. The number of anilines is 1. The van der Waals surface area contributed by atoms with E-state index in [9.17, 15) is 19.2 Å². The van der Waals surface area contributed by atoms with Crippen molar-refractivity contribution in [3.05, 3.63) is 58.9 Å². The molecule has 0 spiro atoms. The summed E-state index contributed by atoms with van der Waals surface area (Å²) in [6.45, 7) is 3.32. The highest BCUT2D eigenvalue weighted by Crippen LogP contribution is 2.26. The first-order valence-corrected chi connectivity index (χ1v) is 12.2. The summed E-state index contributed by atoms with van der Waals surface area (Å²) in [5, 5.41) is 2.46. The van der Waals surface area contributed by atoms with Gasteiger partial charge in [-0.3, -0.25) is 19.3 Å². The molecule has 0 aromatic heterocycles. The number of hydrogen-bond acceptors (Lipinski definition) is 7. The molecule has 2 aromatic rings. The second-order valence-electron chi connectivity index (χ2n) is 8.77. The van der Waals surface area contributed by atoms with Crippen molar-refractivity contribution < 1.29 is 23.6 Å². The Hall–Kier alpha value is -3.24. The van der Waals surface area contributed by atoms with Gasteiger partial charge in [0.15, 0.2) is 6.29 Å². The van der Waals surface area contributed by atoms with Crippen molar-refractivity contribution in [3.63, 3.8) is 0 Å². The molecular formula is C26H31FN4O4S. The fourth-order valence-electron chi connectivity index (χ4n) is 4.26. The molecule has 0 saturated carbocycles. The van der Waals surface area contributed by atoms with E-state index < -0.39 is 17.8 Å². The normalized spacial score (nSPS) is 14.7. The fraction of sp³-hybridized carbons (Fsp3) is 0.385. The van der Waals surface area contributed by atoms with Crippen LogP contribution in [-0.4, -0.2) is 80.5 Å². The second kappa shape index (κ2) is 12.6. The van der Waals surface area contributed by atoms with Gasteiger partial charge < -0.3 is 19.9 Å². The summed E-state index contributed by atoms with van der Waals surface area (Å²) in [5.74, 6) is -1.53. The van der Waals surface area contributed by atoms with Crippen LogP contribution < -0.4 is 10.2 Å². The molecule has 0 radical (unpaired) electrons. The van der Waals surface area contributed by atoms with Gasteiger partial charge in [-0.05, 0) is 36.2 Å². The van der Waals surface area contributed by atoms with Crippen LogP contribution in [0, 0.1) is 5.82 Å². The summed E-state index contributed by atoms with van der Waals surface area (Å²) in [6.07, 6.45) is 1.26. The number of amides is 2. The number of likely N-dealkylation sites (N-methyl/N-ethyl adjacent to an activating group) is 1. The van der Waals surface area contributed by atoms with E-state index in [1.807, 2.05) is 29.2 Å². The van der Waals surface area contributed by atoms with Gasteiger partial charge in [0.25, 0.3) is 5.91 Å². The smallest absolute Gasteiger partial charge is 0.255 e. The van der Waals surface area contributed by atoms with E-state index in [1.165, 1.54) is 20.2 Å². The van der Waals surface area contributed by atoms with Crippen molar-refractivity contribution >= 4 is 42.7 Å². The SMILES string of the molecule is CNC(=O)CCC(C=O)N(C)C(=O)c1cc(F)c(N2CCN(Cc3cccc(S)c3)CC2)cc1C=O. The van der Waals surface area contributed by atoms with Crippen molar-refractivity contribution in [2.45, 2.75) is 30.3 Å². The van der Waals surface area contributed by atoms with Gasteiger partial charge in [-0.15, -0.1) is 12.6 Å². The summed E-state index contributed by atoms with van der Waals surface area (Å²) in [4.78, 5) is 54.1. The standard InChI is InChI=1S/C26H31FN4O4S/c1-28-25(34)7-6-20(17-33)29(2)26(35)22-14-23(27)24(13-19(22)16-32)31-10-8-30(9-11-31)15-18-4-3-5-21(36)12-18/h3-5,12-14,16-17,20,36H,6-11,15H2,1-2H3,(H,28,34). The molecule has 8 nitrogen and oxygen atoms in total. The molecule has 192 valence electrons. The van der Waals surface area contributed by atoms with Crippen molar-refractivity contribution in [1.82, 2.24) is 15.1 Å². The van der Waals surface area contributed by atoms with Gasteiger partial charge in [-0.1, -0.05) is 12.1 Å². The first-order valence-electron chi connectivity index (χ1n) is 11.7. The molecule has 0 aliphatic carbocycles. The summed E-state index contributed by atoms with van der Waals surface area (Å²) in [7, 11) is 2.88. The van der Waals surface area contributed by atoms with Gasteiger partial charge in [0.1, 0.15) is 12.1 Å². The van der Waals surface area contributed by atoms with E-state index in [2.05, 4.69) is 22.8 Å². The predicted molar refractivity (Wildman–Crippen MR) is 138 cm³/mol. The molecule has 3 rings (SSSR count). The van der Waals surface area contributed by atoms with Crippen LogP contribution in [0.25, 0.3) is 0 Å². The lowest BCUT2D eigenvalue weighted by molar-refractivity contribution is -0.121. The monoisotopic (exact) mass is 514 g/mol. The number of aldehydes is 2. The Balaban J connectivity index is 1.70. The molecule has 2 aromatic carbocycles. The maximum atomic E-state index is 15.2. The van der Waals surface area contributed by atoms with Crippen molar-refractivity contribution in [3.8, 4) is 0 Å². The van der Waals surface area contributed by atoms with Gasteiger partial charge in [0.05, 0.1) is 17.3 Å². The number of rotatable bonds is 10. The molecule has 2 amide bonds. The summed E-state index contributed by atoms with van der Waals surface area (Å²) < 4.78 is 15.2. The molecule has 36 heavy (non-hydrogen) atoms. The predicted octanol–water partition coefficient (Wildman–Crippen LogP) is 2.41. The fourth-order valence-corrected chi connectivity index (χ4v) is 4.51. The number of carbonyl (C=O) groups excluding carboxylic acids is 4. The van der Waals surface area contributed by atoms with Crippen molar-refractivity contribution in [1.29, 1.82) is 0 Å². The van der Waals surface area contributed by atoms with Gasteiger partial charge in [0, 0.05) is 63.7 Å². The lowest BCUT2D eigenvalue weighted by atomic mass is 10.0. The van der Waals surface area contributed by atoms with Gasteiger partial charge in [-0.25, -0.2) is 4.39 Å². The first kappa shape index (κ1) is 27.3. The summed E-state index contributed by atoms with van der Waals surface area (Å²) in [6, 6.07) is 9.52. The first-order chi connectivity index (χ1) is 17.3. The molecule has 1 aliphatic heterocycles. The molecule has 10 heteroatoms. The molecule has 1 unspecified atom stereocenters. The Kier molecular flexibility index (Phi) is 9.60. The number of carbonyl (C=O) groups is 4. The Morgan fingerprint density at radius 2 is 1.89 bits per heavy atom. The maximum absolute atomic E-state index is 15.2. The second-order valence-corrected chi connectivity index (χ2v) is 9.29. The van der Waals surface area contributed by atoms with Gasteiger partial charge >= 0.3 is 0 Å². The average Bonchev–Trinajstić information content (AvgIpc) is 2.88. The summed E-state index contributed by atoms with van der Waals surface area (Å²) >= 11 is 4.38. The van der Waals surface area contributed by atoms with E-state index in [4.69, 9.17) is 0 Å².